The molecule has 112 valence electrons. The van der Waals surface area contributed by atoms with E-state index in [1.807, 2.05) is 0 Å². The second kappa shape index (κ2) is 7.61. The first-order valence-corrected chi connectivity index (χ1v) is 8.34. The largest absolute Gasteiger partial charge is 0.311 e. The fourth-order valence-electron chi connectivity index (χ4n) is 3.69. The van der Waals surface area contributed by atoms with E-state index in [0.717, 1.165) is 12.0 Å². The van der Waals surface area contributed by atoms with E-state index in [0.29, 0.717) is 6.04 Å². The van der Waals surface area contributed by atoms with Gasteiger partial charge in [-0.15, -0.1) is 0 Å². The van der Waals surface area contributed by atoms with Crippen LogP contribution in [-0.4, -0.2) is 61.7 Å². The molecule has 0 radical (unpaired) electrons. The molecule has 3 atom stereocenters. The summed E-state index contributed by atoms with van der Waals surface area (Å²) in [5.74, 6) is 0.904. The Kier molecular flexibility index (Phi) is 6.11. The van der Waals surface area contributed by atoms with Crippen molar-refractivity contribution in [2.75, 3.05) is 39.8 Å². The van der Waals surface area contributed by atoms with Gasteiger partial charge in [-0.25, -0.2) is 0 Å². The van der Waals surface area contributed by atoms with Crippen LogP contribution < -0.4 is 5.32 Å². The van der Waals surface area contributed by atoms with E-state index in [1.165, 1.54) is 64.8 Å². The zero-order valence-corrected chi connectivity index (χ0v) is 13.2. The van der Waals surface area contributed by atoms with Gasteiger partial charge < -0.3 is 15.1 Å². The summed E-state index contributed by atoms with van der Waals surface area (Å²) in [5.41, 5.74) is 0. The van der Waals surface area contributed by atoms with Gasteiger partial charge in [0.1, 0.15) is 0 Å². The van der Waals surface area contributed by atoms with E-state index in [4.69, 9.17) is 0 Å². The van der Waals surface area contributed by atoms with Crippen LogP contribution in [-0.2, 0) is 0 Å². The van der Waals surface area contributed by atoms with Crippen molar-refractivity contribution in [2.45, 2.75) is 58.0 Å². The lowest BCUT2D eigenvalue weighted by Crippen LogP contribution is -2.46. The van der Waals surface area contributed by atoms with Crippen molar-refractivity contribution in [3.63, 3.8) is 0 Å². The van der Waals surface area contributed by atoms with E-state index in [9.17, 15) is 0 Å². The van der Waals surface area contributed by atoms with Gasteiger partial charge in [-0.1, -0.05) is 6.92 Å². The predicted octanol–water partition coefficient (Wildman–Crippen LogP) is 2.18. The molecule has 0 aromatic heterocycles. The molecule has 2 heterocycles. The zero-order chi connectivity index (χ0) is 13.7. The number of piperidine rings is 1. The monoisotopic (exact) mass is 267 g/mol. The summed E-state index contributed by atoms with van der Waals surface area (Å²) >= 11 is 0. The van der Waals surface area contributed by atoms with Crippen molar-refractivity contribution in [1.29, 1.82) is 0 Å². The van der Waals surface area contributed by atoms with Crippen LogP contribution >= 0.6 is 0 Å². The lowest BCUT2D eigenvalue weighted by Gasteiger charge is -2.36. The van der Waals surface area contributed by atoms with Crippen LogP contribution in [0.2, 0.25) is 0 Å². The minimum absolute atomic E-state index is 0.682. The molecule has 0 aliphatic carbocycles. The summed E-state index contributed by atoms with van der Waals surface area (Å²) in [5, 5.41) is 3.76. The molecule has 3 heteroatoms. The minimum atomic E-state index is 0.682. The molecule has 3 nitrogen and oxygen atoms in total. The molecule has 1 N–H and O–H groups in total. The molecule has 0 amide bonds. The Labute approximate surface area is 119 Å². The van der Waals surface area contributed by atoms with E-state index in [1.54, 1.807) is 0 Å². The fraction of sp³-hybridized carbons (Fsp3) is 1.00. The van der Waals surface area contributed by atoms with Crippen LogP contribution in [0, 0.1) is 5.92 Å². The van der Waals surface area contributed by atoms with Gasteiger partial charge in [-0.05, 0) is 71.6 Å². The van der Waals surface area contributed by atoms with Crippen LogP contribution in [0.3, 0.4) is 0 Å². The standard InChI is InChI=1S/C16H33N3/c1-4-16-8-11-19(10-7-14(2)17-16)13-15-6-5-9-18(3)12-15/h14-17H,4-13H2,1-3H3. The Morgan fingerprint density at radius 3 is 2.63 bits per heavy atom. The average Bonchev–Trinajstić information content (AvgIpc) is 2.38. The van der Waals surface area contributed by atoms with Crippen molar-refractivity contribution in [3.8, 4) is 0 Å². The highest BCUT2D eigenvalue weighted by atomic mass is 15.2. The number of hydrogen-bond acceptors (Lipinski definition) is 3. The second-order valence-electron chi connectivity index (χ2n) is 6.82. The SMILES string of the molecule is CCC1CCN(CC2CCCN(C)C2)CCC(C)N1. The molecular formula is C16H33N3. The number of likely N-dealkylation sites (tertiary alicyclic amines) is 1. The smallest absolute Gasteiger partial charge is 0.00790 e. The summed E-state index contributed by atoms with van der Waals surface area (Å²) in [6.07, 6.45) is 6.73. The lowest BCUT2D eigenvalue weighted by atomic mass is 9.97. The molecule has 2 rings (SSSR count). The van der Waals surface area contributed by atoms with Crippen molar-refractivity contribution < 1.29 is 0 Å². The summed E-state index contributed by atoms with van der Waals surface area (Å²) in [6, 6.07) is 1.41. The van der Waals surface area contributed by atoms with Gasteiger partial charge in [0.2, 0.25) is 0 Å². The van der Waals surface area contributed by atoms with Gasteiger partial charge in [0, 0.05) is 25.2 Å². The maximum Gasteiger partial charge on any atom is 0.00790 e. The van der Waals surface area contributed by atoms with Gasteiger partial charge in [-0.3, -0.25) is 0 Å². The van der Waals surface area contributed by atoms with Crippen LogP contribution in [0.15, 0.2) is 0 Å². The van der Waals surface area contributed by atoms with Crippen molar-refractivity contribution >= 4 is 0 Å². The normalized spacial score (nSPS) is 35.8. The molecular weight excluding hydrogens is 234 g/mol. The summed E-state index contributed by atoms with van der Waals surface area (Å²) in [7, 11) is 2.28. The molecule has 19 heavy (non-hydrogen) atoms. The maximum absolute atomic E-state index is 3.76. The maximum atomic E-state index is 3.76. The minimum Gasteiger partial charge on any atom is -0.311 e. The molecule has 3 unspecified atom stereocenters. The molecule has 2 aliphatic rings. The quantitative estimate of drug-likeness (QED) is 0.845. The van der Waals surface area contributed by atoms with E-state index < -0.39 is 0 Å². The highest BCUT2D eigenvalue weighted by Gasteiger charge is 2.22. The van der Waals surface area contributed by atoms with E-state index in [-0.39, 0.29) is 0 Å². The van der Waals surface area contributed by atoms with Crippen LogP contribution in [0.25, 0.3) is 0 Å². The van der Waals surface area contributed by atoms with Crippen LogP contribution in [0.4, 0.5) is 0 Å². The Morgan fingerprint density at radius 2 is 1.89 bits per heavy atom. The third-order valence-corrected chi connectivity index (χ3v) is 4.92. The summed E-state index contributed by atoms with van der Waals surface area (Å²) < 4.78 is 0. The average molecular weight is 267 g/mol. The molecule has 0 aromatic rings. The molecule has 2 fully saturated rings. The molecule has 0 aromatic carbocycles. The molecule has 0 bridgehead atoms. The number of nitrogens with zero attached hydrogens (tertiary/aromatic N) is 2. The number of nitrogens with one attached hydrogen (secondary N) is 1. The van der Waals surface area contributed by atoms with Crippen LogP contribution in [0.5, 0.6) is 0 Å². The summed E-state index contributed by atoms with van der Waals surface area (Å²) in [4.78, 5) is 5.25. The topological polar surface area (TPSA) is 18.5 Å². The van der Waals surface area contributed by atoms with E-state index >= 15 is 0 Å². The zero-order valence-electron chi connectivity index (χ0n) is 13.2. The highest BCUT2D eigenvalue weighted by Crippen LogP contribution is 2.18. The van der Waals surface area contributed by atoms with Gasteiger partial charge in [0.25, 0.3) is 0 Å². The fourth-order valence-corrected chi connectivity index (χ4v) is 3.69. The van der Waals surface area contributed by atoms with Gasteiger partial charge in [-0.2, -0.15) is 0 Å². The Balaban J connectivity index is 1.81. The predicted molar refractivity (Wildman–Crippen MR) is 82.6 cm³/mol. The molecule has 0 saturated carbocycles. The number of hydrogen-bond donors (Lipinski definition) is 1. The summed E-state index contributed by atoms with van der Waals surface area (Å²) in [6.45, 7) is 11.2. The van der Waals surface area contributed by atoms with Crippen molar-refractivity contribution in [3.05, 3.63) is 0 Å². The molecule has 2 saturated heterocycles. The Bertz CT molecular complexity index is 256. The van der Waals surface area contributed by atoms with Crippen LogP contribution in [0.1, 0.15) is 46.0 Å². The van der Waals surface area contributed by atoms with Gasteiger partial charge >= 0.3 is 0 Å². The second-order valence-corrected chi connectivity index (χ2v) is 6.82. The molecule has 0 spiro atoms. The Hall–Kier alpha value is -0.120. The third kappa shape index (κ3) is 5.05. The first kappa shape index (κ1) is 15.3. The third-order valence-electron chi connectivity index (χ3n) is 4.92. The first-order valence-electron chi connectivity index (χ1n) is 8.34. The van der Waals surface area contributed by atoms with Crippen molar-refractivity contribution in [1.82, 2.24) is 15.1 Å². The molecule has 2 aliphatic heterocycles. The first-order chi connectivity index (χ1) is 9.17. The van der Waals surface area contributed by atoms with Crippen molar-refractivity contribution in [2.24, 2.45) is 5.92 Å². The van der Waals surface area contributed by atoms with E-state index in [2.05, 4.69) is 36.0 Å². The van der Waals surface area contributed by atoms with Gasteiger partial charge in [0.15, 0.2) is 0 Å². The lowest BCUT2D eigenvalue weighted by molar-refractivity contribution is 0.136. The Morgan fingerprint density at radius 1 is 1.11 bits per heavy atom. The van der Waals surface area contributed by atoms with Gasteiger partial charge in [0.05, 0.1) is 0 Å². The number of rotatable bonds is 3. The highest BCUT2D eigenvalue weighted by molar-refractivity contribution is 4.80.